The summed E-state index contributed by atoms with van der Waals surface area (Å²) in [5.74, 6) is 2.14. The molecule has 2 heterocycles. The maximum atomic E-state index is 11.7. The van der Waals surface area contributed by atoms with Gasteiger partial charge in [-0.15, -0.1) is 0 Å². The molecule has 1 aliphatic rings. The number of anilines is 1. The number of nitrogens with zero attached hydrogens (tertiary/aromatic N) is 1. The topological polar surface area (TPSA) is 104 Å². The van der Waals surface area contributed by atoms with E-state index in [2.05, 4.69) is 15.8 Å². The van der Waals surface area contributed by atoms with E-state index in [1.54, 1.807) is 30.4 Å². The van der Waals surface area contributed by atoms with Gasteiger partial charge in [-0.3, -0.25) is 14.9 Å². The number of carbonyl (C=O) groups is 2. The van der Waals surface area contributed by atoms with Crippen LogP contribution < -0.4 is 10.6 Å². The number of amides is 2. The van der Waals surface area contributed by atoms with Crippen LogP contribution in [0.15, 0.2) is 10.6 Å². The van der Waals surface area contributed by atoms with E-state index in [1.165, 1.54) is 6.07 Å². The minimum absolute atomic E-state index is 0.0527. The summed E-state index contributed by atoms with van der Waals surface area (Å²) in [7, 11) is 0. The normalized spacial score (nSPS) is 17.8. The molecular formula is C12H17N3O4S2. The highest BCUT2D eigenvalue weighted by molar-refractivity contribution is 8.03. The van der Waals surface area contributed by atoms with Gasteiger partial charge in [-0.1, -0.05) is 5.16 Å². The first-order valence-electron chi connectivity index (χ1n) is 6.39. The Morgan fingerprint density at radius 2 is 2.05 bits per heavy atom. The number of aromatic nitrogens is 1. The molecule has 116 valence electrons. The zero-order chi connectivity index (χ0) is 15.3. The number of carbonyl (C=O) groups excluding carboxylic acids is 2. The van der Waals surface area contributed by atoms with Crippen LogP contribution in [0.3, 0.4) is 0 Å². The largest absolute Gasteiger partial charge is 0.386 e. The number of aliphatic hydroxyl groups is 1. The molecule has 0 spiro atoms. The number of thioether (sulfide) groups is 2. The minimum Gasteiger partial charge on any atom is -0.386 e. The highest BCUT2D eigenvalue weighted by Crippen LogP contribution is 2.24. The Bertz CT molecular complexity index is 512. The quantitative estimate of drug-likeness (QED) is 0.682. The third kappa shape index (κ3) is 4.94. The fraction of sp³-hybridized carbons (Fsp3) is 0.583. The number of hydrogen-bond donors (Lipinski definition) is 3. The molecule has 1 aliphatic heterocycles. The highest BCUT2D eigenvalue weighted by Gasteiger charge is 2.30. The number of hydrogen-bond acceptors (Lipinski definition) is 7. The molecule has 1 saturated heterocycles. The third-order valence-electron chi connectivity index (χ3n) is 2.77. The van der Waals surface area contributed by atoms with Crippen LogP contribution in [0.25, 0.3) is 0 Å². The van der Waals surface area contributed by atoms with Crippen LogP contribution in [0, 0.1) is 6.92 Å². The summed E-state index contributed by atoms with van der Waals surface area (Å²) in [6.07, 6.45) is 0. The van der Waals surface area contributed by atoms with Gasteiger partial charge in [0.15, 0.2) is 5.82 Å². The molecule has 1 aromatic rings. The van der Waals surface area contributed by atoms with E-state index < -0.39 is 17.4 Å². The molecule has 2 amide bonds. The SMILES string of the molecule is Cc1cc(NC(=O)C(=O)NCC2(O)CSCCSC2)no1. The summed E-state index contributed by atoms with van der Waals surface area (Å²) >= 11 is 3.29. The molecule has 1 aromatic heterocycles. The molecule has 7 nitrogen and oxygen atoms in total. The van der Waals surface area contributed by atoms with Crippen molar-refractivity contribution in [1.29, 1.82) is 0 Å². The molecule has 0 bridgehead atoms. The Hall–Kier alpha value is -1.19. The highest BCUT2D eigenvalue weighted by atomic mass is 32.2. The van der Waals surface area contributed by atoms with Crippen molar-refractivity contribution >= 4 is 41.2 Å². The fourth-order valence-electron chi connectivity index (χ4n) is 1.71. The van der Waals surface area contributed by atoms with Crippen molar-refractivity contribution in [3.8, 4) is 0 Å². The lowest BCUT2D eigenvalue weighted by molar-refractivity contribution is -0.136. The first-order chi connectivity index (χ1) is 9.98. The molecule has 0 aromatic carbocycles. The standard InChI is InChI=1S/C12H17N3O4S2/c1-8-4-9(15-19-8)14-11(17)10(16)13-5-12(18)6-20-2-3-21-7-12/h4,18H,2-3,5-7H2,1H3,(H,13,16)(H,14,15,17). The van der Waals surface area contributed by atoms with Crippen LogP contribution in [-0.2, 0) is 9.59 Å². The molecule has 0 unspecified atom stereocenters. The van der Waals surface area contributed by atoms with Crippen molar-refractivity contribution in [2.75, 3.05) is 34.9 Å². The molecule has 2 rings (SSSR count). The average molecular weight is 331 g/mol. The van der Waals surface area contributed by atoms with Gasteiger partial charge in [-0.25, -0.2) is 0 Å². The predicted octanol–water partition coefficient (Wildman–Crippen LogP) is 0.249. The Kier molecular flexibility index (Phi) is 5.54. The van der Waals surface area contributed by atoms with E-state index in [0.717, 1.165) is 11.5 Å². The number of nitrogens with one attached hydrogen (secondary N) is 2. The van der Waals surface area contributed by atoms with Crippen molar-refractivity contribution in [3.63, 3.8) is 0 Å². The molecule has 0 aliphatic carbocycles. The van der Waals surface area contributed by atoms with Gasteiger partial charge in [0, 0.05) is 35.6 Å². The van der Waals surface area contributed by atoms with Gasteiger partial charge >= 0.3 is 11.8 Å². The van der Waals surface area contributed by atoms with Crippen LogP contribution in [0.4, 0.5) is 5.82 Å². The van der Waals surface area contributed by atoms with Crippen LogP contribution in [-0.4, -0.2) is 57.2 Å². The van der Waals surface area contributed by atoms with E-state index in [0.29, 0.717) is 17.3 Å². The second kappa shape index (κ2) is 7.19. The lowest BCUT2D eigenvalue weighted by Crippen LogP contribution is -2.49. The van der Waals surface area contributed by atoms with Crippen molar-refractivity contribution in [3.05, 3.63) is 11.8 Å². The van der Waals surface area contributed by atoms with Crippen molar-refractivity contribution in [1.82, 2.24) is 10.5 Å². The fourth-order valence-corrected chi connectivity index (χ4v) is 4.24. The first-order valence-corrected chi connectivity index (χ1v) is 8.70. The Labute approximate surface area is 130 Å². The van der Waals surface area contributed by atoms with E-state index in [-0.39, 0.29) is 12.4 Å². The number of rotatable bonds is 3. The van der Waals surface area contributed by atoms with Crippen LogP contribution >= 0.6 is 23.5 Å². The van der Waals surface area contributed by atoms with Crippen molar-refractivity contribution in [2.45, 2.75) is 12.5 Å². The van der Waals surface area contributed by atoms with Gasteiger partial charge in [0.25, 0.3) is 0 Å². The monoisotopic (exact) mass is 331 g/mol. The maximum absolute atomic E-state index is 11.7. The summed E-state index contributed by atoms with van der Waals surface area (Å²) in [6.45, 7) is 1.73. The molecule has 21 heavy (non-hydrogen) atoms. The van der Waals surface area contributed by atoms with Gasteiger partial charge < -0.3 is 14.9 Å². The maximum Gasteiger partial charge on any atom is 0.314 e. The molecule has 0 radical (unpaired) electrons. The molecule has 0 atom stereocenters. The molecule has 9 heteroatoms. The van der Waals surface area contributed by atoms with E-state index >= 15 is 0 Å². The average Bonchev–Trinajstić information content (AvgIpc) is 2.72. The Balaban J connectivity index is 1.81. The summed E-state index contributed by atoms with van der Waals surface area (Å²) in [4.78, 5) is 23.4. The van der Waals surface area contributed by atoms with E-state index in [1.807, 2.05) is 0 Å². The summed E-state index contributed by atoms with van der Waals surface area (Å²) < 4.78 is 4.79. The van der Waals surface area contributed by atoms with E-state index in [4.69, 9.17) is 4.52 Å². The van der Waals surface area contributed by atoms with Crippen LogP contribution in [0.1, 0.15) is 5.76 Å². The van der Waals surface area contributed by atoms with Gasteiger partial charge in [0.1, 0.15) is 5.76 Å². The second-order valence-electron chi connectivity index (χ2n) is 4.79. The molecule has 0 saturated carbocycles. The Morgan fingerprint density at radius 1 is 1.38 bits per heavy atom. The van der Waals surface area contributed by atoms with Gasteiger partial charge in [-0.05, 0) is 6.92 Å². The van der Waals surface area contributed by atoms with Crippen LogP contribution in [0.2, 0.25) is 0 Å². The zero-order valence-electron chi connectivity index (χ0n) is 11.5. The lowest BCUT2D eigenvalue weighted by Gasteiger charge is -2.25. The number of aryl methyl sites for hydroxylation is 1. The van der Waals surface area contributed by atoms with Gasteiger partial charge in [-0.2, -0.15) is 23.5 Å². The zero-order valence-corrected chi connectivity index (χ0v) is 13.2. The smallest absolute Gasteiger partial charge is 0.314 e. The predicted molar refractivity (Wildman–Crippen MR) is 82.5 cm³/mol. The second-order valence-corrected chi connectivity index (χ2v) is 7.00. The van der Waals surface area contributed by atoms with E-state index in [9.17, 15) is 14.7 Å². The lowest BCUT2D eigenvalue weighted by atomic mass is 10.1. The van der Waals surface area contributed by atoms with Crippen LogP contribution in [0.5, 0.6) is 0 Å². The first kappa shape index (κ1) is 16.2. The summed E-state index contributed by atoms with van der Waals surface area (Å²) in [6, 6.07) is 1.51. The summed E-state index contributed by atoms with van der Waals surface area (Å²) in [5.41, 5.74) is -0.980. The minimum atomic E-state index is -0.980. The molecule has 3 N–H and O–H groups in total. The Morgan fingerprint density at radius 3 is 2.62 bits per heavy atom. The van der Waals surface area contributed by atoms with Gasteiger partial charge in [0.2, 0.25) is 0 Å². The summed E-state index contributed by atoms with van der Waals surface area (Å²) in [5, 5.41) is 18.7. The van der Waals surface area contributed by atoms with Crippen molar-refractivity contribution in [2.24, 2.45) is 0 Å². The van der Waals surface area contributed by atoms with Gasteiger partial charge in [0.05, 0.1) is 5.60 Å². The molecular weight excluding hydrogens is 314 g/mol. The van der Waals surface area contributed by atoms with Crippen molar-refractivity contribution < 1.29 is 19.2 Å². The third-order valence-corrected chi connectivity index (χ3v) is 5.49. The molecule has 1 fully saturated rings.